The van der Waals surface area contributed by atoms with Gasteiger partial charge >= 0.3 is 0 Å². The van der Waals surface area contributed by atoms with Crippen molar-refractivity contribution in [1.82, 2.24) is 10.1 Å². The molecule has 0 spiro atoms. The number of alkyl halides is 1. The van der Waals surface area contributed by atoms with Gasteiger partial charge in [-0.15, -0.1) is 0 Å². The van der Waals surface area contributed by atoms with E-state index in [1.165, 1.54) is 0 Å². The van der Waals surface area contributed by atoms with Crippen LogP contribution >= 0.6 is 0 Å². The fraction of sp³-hybridized carbons (Fsp3) is 0.700. The first-order valence-electron chi connectivity index (χ1n) is 4.97. The Morgan fingerprint density at radius 2 is 2.57 bits per heavy atom. The van der Waals surface area contributed by atoms with Crippen LogP contribution in [0, 0.1) is 0 Å². The van der Waals surface area contributed by atoms with E-state index in [2.05, 4.69) is 10.1 Å². The van der Waals surface area contributed by atoms with Crippen LogP contribution in [0.1, 0.15) is 25.5 Å². The molecule has 0 radical (unpaired) electrons. The Hall–Kier alpha value is -0.900. The maximum Gasteiger partial charge on any atom is 0.150 e. The largest absolute Gasteiger partial charge is 0.360 e. The second kappa shape index (κ2) is 3.69. The Kier molecular flexibility index (Phi) is 2.54. The summed E-state index contributed by atoms with van der Waals surface area (Å²) in [6, 6.07) is 1.82. The van der Waals surface area contributed by atoms with Crippen molar-refractivity contribution >= 4 is 0 Å². The van der Waals surface area contributed by atoms with E-state index in [-0.39, 0.29) is 0 Å². The summed E-state index contributed by atoms with van der Waals surface area (Å²) in [5.74, 6) is 0.808. The van der Waals surface area contributed by atoms with Crippen LogP contribution in [0.4, 0.5) is 4.39 Å². The normalized spacial score (nSPS) is 29.3. The molecule has 1 fully saturated rings. The van der Waals surface area contributed by atoms with Crippen LogP contribution in [-0.2, 0) is 6.54 Å². The summed E-state index contributed by atoms with van der Waals surface area (Å²) in [6.07, 6.45) is 3.20. The van der Waals surface area contributed by atoms with Crippen molar-refractivity contribution in [2.24, 2.45) is 0 Å². The second-order valence-corrected chi connectivity index (χ2v) is 4.21. The van der Waals surface area contributed by atoms with Crippen LogP contribution in [0.25, 0.3) is 0 Å². The molecule has 0 saturated carbocycles. The van der Waals surface area contributed by atoms with Gasteiger partial charge < -0.3 is 4.52 Å². The molecule has 0 aliphatic carbocycles. The van der Waals surface area contributed by atoms with Crippen molar-refractivity contribution in [3.8, 4) is 0 Å². The Morgan fingerprint density at radius 1 is 1.71 bits per heavy atom. The zero-order chi connectivity index (χ0) is 10.0. The molecule has 2 rings (SSSR count). The summed E-state index contributed by atoms with van der Waals surface area (Å²) in [7, 11) is 0. The Morgan fingerprint density at radius 3 is 3.21 bits per heavy atom. The van der Waals surface area contributed by atoms with Gasteiger partial charge in [0.25, 0.3) is 0 Å². The van der Waals surface area contributed by atoms with Crippen molar-refractivity contribution in [2.75, 3.05) is 13.1 Å². The molecule has 1 aromatic rings. The molecule has 14 heavy (non-hydrogen) atoms. The number of aromatic nitrogens is 1. The fourth-order valence-corrected chi connectivity index (χ4v) is 1.97. The third-order valence-corrected chi connectivity index (χ3v) is 2.60. The molecule has 0 N–H and O–H groups in total. The molecule has 1 aliphatic heterocycles. The molecular weight excluding hydrogens is 183 g/mol. The lowest BCUT2D eigenvalue weighted by Gasteiger charge is -2.34. The molecule has 1 unspecified atom stereocenters. The summed E-state index contributed by atoms with van der Waals surface area (Å²) < 4.78 is 18.7. The Bertz CT molecular complexity index is 284. The average Bonchev–Trinajstić information content (AvgIpc) is 2.54. The monoisotopic (exact) mass is 198 g/mol. The molecule has 1 aliphatic rings. The second-order valence-electron chi connectivity index (χ2n) is 4.21. The van der Waals surface area contributed by atoms with Crippen molar-refractivity contribution in [1.29, 1.82) is 0 Å². The van der Waals surface area contributed by atoms with E-state index in [1.54, 1.807) is 13.1 Å². The van der Waals surface area contributed by atoms with Crippen LogP contribution in [0.15, 0.2) is 16.8 Å². The third kappa shape index (κ3) is 2.32. The first kappa shape index (κ1) is 9.65. The molecule has 78 valence electrons. The molecular formula is C10H15FN2O. The van der Waals surface area contributed by atoms with Gasteiger partial charge in [0, 0.05) is 12.6 Å². The first-order chi connectivity index (χ1) is 6.66. The Balaban J connectivity index is 1.92. The highest BCUT2D eigenvalue weighted by molar-refractivity contribution is 4.94. The topological polar surface area (TPSA) is 29.3 Å². The van der Waals surface area contributed by atoms with Crippen LogP contribution < -0.4 is 0 Å². The standard InChI is InChI=1S/C10H15FN2O/c1-10(11)4-2-6-13(8-10)7-9-3-5-12-14-9/h3,5H,2,4,6-8H2,1H3. The van der Waals surface area contributed by atoms with E-state index in [1.807, 2.05) is 6.07 Å². The molecule has 2 heterocycles. The molecule has 4 heteroatoms. The third-order valence-electron chi connectivity index (χ3n) is 2.60. The van der Waals surface area contributed by atoms with Crippen molar-refractivity contribution in [3.63, 3.8) is 0 Å². The van der Waals surface area contributed by atoms with Gasteiger partial charge in [0.1, 0.15) is 5.67 Å². The van der Waals surface area contributed by atoms with E-state index >= 15 is 0 Å². The number of piperidine rings is 1. The molecule has 0 amide bonds. The van der Waals surface area contributed by atoms with Crippen molar-refractivity contribution < 1.29 is 8.91 Å². The lowest BCUT2D eigenvalue weighted by atomic mass is 9.97. The molecule has 3 nitrogen and oxygen atoms in total. The first-order valence-corrected chi connectivity index (χ1v) is 4.97. The lowest BCUT2D eigenvalue weighted by Crippen LogP contribution is -2.42. The minimum absolute atomic E-state index is 0.494. The maximum atomic E-state index is 13.7. The highest BCUT2D eigenvalue weighted by Crippen LogP contribution is 2.25. The maximum absolute atomic E-state index is 13.7. The number of likely N-dealkylation sites (tertiary alicyclic amines) is 1. The van der Waals surface area contributed by atoms with E-state index in [9.17, 15) is 4.39 Å². The van der Waals surface area contributed by atoms with Gasteiger partial charge in [0.15, 0.2) is 5.76 Å². The Labute approximate surface area is 82.9 Å². The number of halogens is 1. The van der Waals surface area contributed by atoms with E-state index in [4.69, 9.17) is 4.52 Å². The average molecular weight is 198 g/mol. The van der Waals surface area contributed by atoms with Crippen LogP contribution in [0.5, 0.6) is 0 Å². The number of hydrogen-bond acceptors (Lipinski definition) is 3. The zero-order valence-corrected chi connectivity index (χ0v) is 8.37. The van der Waals surface area contributed by atoms with E-state index < -0.39 is 5.67 Å². The lowest BCUT2D eigenvalue weighted by molar-refractivity contribution is 0.0516. The zero-order valence-electron chi connectivity index (χ0n) is 8.37. The quantitative estimate of drug-likeness (QED) is 0.727. The molecule has 1 aromatic heterocycles. The predicted molar refractivity (Wildman–Crippen MR) is 50.5 cm³/mol. The van der Waals surface area contributed by atoms with Crippen molar-refractivity contribution in [2.45, 2.75) is 32.0 Å². The van der Waals surface area contributed by atoms with Crippen LogP contribution in [0.3, 0.4) is 0 Å². The summed E-state index contributed by atoms with van der Waals surface area (Å²) in [6.45, 7) is 3.77. The van der Waals surface area contributed by atoms with Gasteiger partial charge in [-0.2, -0.15) is 0 Å². The number of rotatable bonds is 2. The number of nitrogens with zero attached hydrogens (tertiary/aromatic N) is 2. The minimum atomic E-state index is -1.04. The van der Waals surface area contributed by atoms with E-state index in [0.717, 1.165) is 18.7 Å². The van der Waals surface area contributed by atoms with Crippen LogP contribution in [0.2, 0.25) is 0 Å². The van der Waals surface area contributed by atoms with Gasteiger partial charge in [-0.3, -0.25) is 4.90 Å². The summed E-state index contributed by atoms with van der Waals surface area (Å²) in [5.41, 5.74) is -1.04. The molecule has 0 bridgehead atoms. The molecule has 1 atom stereocenters. The molecule has 0 aromatic carbocycles. The smallest absolute Gasteiger partial charge is 0.150 e. The minimum Gasteiger partial charge on any atom is -0.360 e. The fourth-order valence-electron chi connectivity index (χ4n) is 1.97. The highest BCUT2D eigenvalue weighted by atomic mass is 19.1. The van der Waals surface area contributed by atoms with Gasteiger partial charge in [0.05, 0.1) is 12.7 Å². The number of hydrogen-bond donors (Lipinski definition) is 0. The van der Waals surface area contributed by atoms with Gasteiger partial charge in [-0.1, -0.05) is 5.16 Å². The van der Waals surface area contributed by atoms with Gasteiger partial charge in [0.2, 0.25) is 0 Å². The predicted octanol–water partition coefficient (Wildman–Crippen LogP) is 2.00. The van der Waals surface area contributed by atoms with E-state index in [0.29, 0.717) is 19.5 Å². The van der Waals surface area contributed by atoms with Gasteiger partial charge in [-0.25, -0.2) is 4.39 Å². The summed E-state index contributed by atoms with van der Waals surface area (Å²) in [4.78, 5) is 2.07. The highest BCUT2D eigenvalue weighted by Gasteiger charge is 2.30. The van der Waals surface area contributed by atoms with Gasteiger partial charge in [-0.05, 0) is 26.3 Å². The molecule has 1 saturated heterocycles. The summed E-state index contributed by atoms with van der Waals surface area (Å²) >= 11 is 0. The van der Waals surface area contributed by atoms with Crippen LogP contribution in [-0.4, -0.2) is 28.8 Å². The van der Waals surface area contributed by atoms with Crippen molar-refractivity contribution in [3.05, 3.63) is 18.0 Å². The SMILES string of the molecule is CC1(F)CCCN(Cc2ccno2)C1. The summed E-state index contributed by atoms with van der Waals surface area (Å²) in [5, 5.41) is 3.63.